The van der Waals surface area contributed by atoms with Gasteiger partial charge in [-0.3, -0.25) is 19.4 Å². The number of nitrogens with zero attached hydrogens (tertiary/aromatic N) is 3. The molecule has 7 heteroatoms. The van der Waals surface area contributed by atoms with E-state index in [1.54, 1.807) is 50.9 Å². The van der Waals surface area contributed by atoms with Gasteiger partial charge in [0, 0.05) is 30.5 Å². The summed E-state index contributed by atoms with van der Waals surface area (Å²) in [6.45, 7) is 5.58. The van der Waals surface area contributed by atoms with E-state index in [2.05, 4.69) is 4.98 Å². The van der Waals surface area contributed by atoms with E-state index in [1.165, 1.54) is 21.1 Å². The molecule has 0 spiro atoms. The summed E-state index contributed by atoms with van der Waals surface area (Å²) in [7, 11) is 4.94. The van der Waals surface area contributed by atoms with Crippen molar-refractivity contribution in [3.63, 3.8) is 0 Å². The molecule has 0 unspecified atom stereocenters. The van der Waals surface area contributed by atoms with Crippen molar-refractivity contribution in [3.05, 3.63) is 35.2 Å². The molecule has 2 rings (SSSR count). The lowest BCUT2D eigenvalue weighted by Gasteiger charge is -2.24. The molecule has 1 heterocycles. The number of hydrogen-bond donors (Lipinski definition) is 0. The topological polar surface area (TPSA) is 62.7 Å². The maximum Gasteiger partial charge on any atom is 0.259 e. The number of rotatable bonds is 4. The summed E-state index contributed by atoms with van der Waals surface area (Å²) < 4.78 is 5.10. The van der Waals surface area contributed by atoms with Gasteiger partial charge in [0.05, 0.1) is 7.11 Å². The fraction of sp³-hybridized carbons (Fsp3) is 0.389. The third kappa shape index (κ3) is 4.17. The van der Waals surface area contributed by atoms with E-state index in [1.807, 2.05) is 20.8 Å². The number of carbonyl (C=O) groups excluding carboxylic acids is 2. The van der Waals surface area contributed by atoms with Gasteiger partial charge in [0.25, 0.3) is 5.91 Å². The molecule has 0 aliphatic heterocycles. The molecule has 0 bridgehead atoms. The lowest BCUT2D eigenvalue weighted by atomic mass is 9.95. The monoisotopic (exact) mass is 361 g/mol. The second-order valence-corrected chi connectivity index (χ2v) is 7.53. The summed E-state index contributed by atoms with van der Waals surface area (Å²) in [5, 5.41) is 2.31. The van der Waals surface area contributed by atoms with E-state index >= 15 is 0 Å². The Morgan fingerprint density at radius 3 is 2.20 bits per heavy atom. The van der Waals surface area contributed by atoms with E-state index in [9.17, 15) is 9.59 Å². The van der Waals surface area contributed by atoms with Crippen LogP contribution in [0, 0.1) is 5.41 Å². The average Bonchev–Trinajstić information content (AvgIpc) is 3.08. The SMILES string of the molecule is COc1ccc(C(=O)N(C)c2nc(N(C)C(=O)C(C)(C)C)cs2)cc1. The molecule has 0 aliphatic carbocycles. The van der Waals surface area contributed by atoms with Crippen molar-refractivity contribution in [1.29, 1.82) is 0 Å². The third-order valence-electron chi connectivity index (χ3n) is 3.70. The summed E-state index contributed by atoms with van der Waals surface area (Å²) >= 11 is 1.32. The predicted octanol–water partition coefficient (Wildman–Crippen LogP) is 3.44. The number of amides is 2. The highest BCUT2D eigenvalue weighted by atomic mass is 32.1. The molecule has 0 radical (unpaired) electrons. The first-order chi connectivity index (χ1) is 11.6. The van der Waals surface area contributed by atoms with Crippen molar-refractivity contribution < 1.29 is 14.3 Å². The minimum atomic E-state index is -0.497. The molecule has 25 heavy (non-hydrogen) atoms. The van der Waals surface area contributed by atoms with Crippen LogP contribution in [0.1, 0.15) is 31.1 Å². The average molecular weight is 361 g/mol. The number of benzene rings is 1. The Labute approximate surface area is 152 Å². The first-order valence-corrected chi connectivity index (χ1v) is 8.69. The first kappa shape index (κ1) is 18.9. The van der Waals surface area contributed by atoms with Crippen molar-refractivity contribution in [3.8, 4) is 5.75 Å². The Balaban J connectivity index is 2.17. The Bertz CT molecular complexity index is 763. The van der Waals surface area contributed by atoms with Gasteiger partial charge in [-0.2, -0.15) is 0 Å². The van der Waals surface area contributed by atoms with E-state index in [-0.39, 0.29) is 11.8 Å². The summed E-state index contributed by atoms with van der Waals surface area (Å²) in [4.78, 5) is 32.4. The second-order valence-electron chi connectivity index (χ2n) is 6.70. The lowest BCUT2D eigenvalue weighted by molar-refractivity contribution is -0.125. The molecular weight excluding hydrogens is 338 g/mol. The van der Waals surface area contributed by atoms with Gasteiger partial charge in [0.15, 0.2) is 5.13 Å². The first-order valence-electron chi connectivity index (χ1n) is 7.81. The Hall–Kier alpha value is -2.41. The van der Waals surface area contributed by atoms with Crippen LogP contribution in [-0.4, -0.2) is 38.0 Å². The van der Waals surface area contributed by atoms with Crippen LogP contribution in [-0.2, 0) is 4.79 Å². The van der Waals surface area contributed by atoms with Crippen LogP contribution < -0.4 is 14.5 Å². The number of anilines is 2. The molecular formula is C18H23N3O3S. The van der Waals surface area contributed by atoms with Crippen LogP contribution in [0.3, 0.4) is 0 Å². The molecule has 6 nitrogen and oxygen atoms in total. The second kappa shape index (κ2) is 7.23. The number of methoxy groups -OCH3 is 1. The van der Waals surface area contributed by atoms with E-state index in [0.29, 0.717) is 22.3 Å². The number of carbonyl (C=O) groups is 2. The minimum absolute atomic E-state index is 0.0338. The van der Waals surface area contributed by atoms with Crippen LogP contribution in [0.15, 0.2) is 29.6 Å². The van der Waals surface area contributed by atoms with Gasteiger partial charge in [-0.15, -0.1) is 11.3 Å². The van der Waals surface area contributed by atoms with Gasteiger partial charge in [0.2, 0.25) is 5.91 Å². The van der Waals surface area contributed by atoms with Crippen molar-refractivity contribution in [2.45, 2.75) is 20.8 Å². The van der Waals surface area contributed by atoms with E-state index in [4.69, 9.17) is 4.74 Å². The zero-order valence-electron chi connectivity index (χ0n) is 15.4. The molecule has 2 aromatic rings. The molecule has 0 saturated carbocycles. The molecule has 134 valence electrons. The molecule has 0 saturated heterocycles. The standard InChI is InChI=1S/C18H23N3O3S/c1-18(2,3)16(23)20(4)14-11-25-17(19-14)21(5)15(22)12-7-9-13(24-6)10-8-12/h7-11H,1-6H3. The van der Waals surface area contributed by atoms with Gasteiger partial charge in [0.1, 0.15) is 11.6 Å². The molecule has 0 fully saturated rings. The quantitative estimate of drug-likeness (QED) is 0.837. The van der Waals surface area contributed by atoms with E-state index in [0.717, 1.165) is 0 Å². The third-order valence-corrected chi connectivity index (χ3v) is 4.60. The van der Waals surface area contributed by atoms with Crippen LogP contribution in [0.4, 0.5) is 10.9 Å². The summed E-state index contributed by atoms with van der Waals surface area (Å²) in [6.07, 6.45) is 0. The summed E-state index contributed by atoms with van der Waals surface area (Å²) in [5.74, 6) is 1.02. The molecule has 0 N–H and O–H groups in total. The van der Waals surface area contributed by atoms with Crippen LogP contribution in [0.5, 0.6) is 5.75 Å². The van der Waals surface area contributed by atoms with Crippen LogP contribution >= 0.6 is 11.3 Å². The molecule has 1 aromatic carbocycles. The van der Waals surface area contributed by atoms with Crippen molar-refractivity contribution >= 4 is 34.1 Å². The number of ether oxygens (including phenoxy) is 1. The van der Waals surface area contributed by atoms with E-state index < -0.39 is 5.41 Å². The smallest absolute Gasteiger partial charge is 0.259 e. The summed E-state index contributed by atoms with van der Waals surface area (Å²) in [5.41, 5.74) is 0.0442. The van der Waals surface area contributed by atoms with Crippen LogP contribution in [0.2, 0.25) is 0 Å². The Morgan fingerprint density at radius 2 is 1.68 bits per heavy atom. The molecule has 2 amide bonds. The summed E-state index contributed by atoms with van der Waals surface area (Å²) in [6, 6.07) is 6.90. The normalized spacial score (nSPS) is 11.1. The predicted molar refractivity (Wildman–Crippen MR) is 101 cm³/mol. The highest BCUT2D eigenvalue weighted by molar-refractivity contribution is 7.14. The van der Waals surface area contributed by atoms with Gasteiger partial charge in [-0.25, -0.2) is 4.98 Å². The minimum Gasteiger partial charge on any atom is -0.497 e. The molecule has 0 aliphatic rings. The molecule has 0 atom stereocenters. The zero-order valence-corrected chi connectivity index (χ0v) is 16.2. The number of aromatic nitrogens is 1. The zero-order chi connectivity index (χ0) is 18.8. The van der Waals surface area contributed by atoms with Crippen molar-refractivity contribution in [1.82, 2.24) is 4.98 Å². The lowest BCUT2D eigenvalue weighted by Crippen LogP contribution is -2.37. The number of thiazole rings is 1. The fourth-order valence-electron chi connectivity index (χ4n) is 2.19. The van der Waals surface area contributed by atoms with Gasteiger partial charge in [-0.05, 0) is 24.3 Å². The fourth-order valence-corrected chi connectivity index (χ4v) is 2.99. The van der Waals surface area contributed by atoms with Gasteiger partial charge < -0.3 is 4.74 Å². The largest absolute Gasteiger partial charge is 0.497 e. The van der Waals surface area contributed by atoms with Crippen molar-refractivity contribution in [2.24, 2.45) is 5.41 Å². The highest BCUT2D eigenvalue weighted by Crippen LogP contribution is 2.28. The van der Waals surface area contributed by atoms with Gasteiger partial charge in [-0.1, -0.05) is 20.8 Å². The Kier molecular flexibility index (Phi) is 5.47. The van der Waals surface area contributed by atoms with Crippen molar-refractivity contribution in [2.75, 3.05) is 31.0 Å². The molecule has 1 aromatic heterocycles. The Morgan fingerprint density at radius 1 is 1.08 bits per heavy atom. The van der Waals surface area contributed by atoms with Crippen LogP contribution in [0.25, 0.3) is 0 Å². The number of hydrogen-bond acceptors (Lipinski definition) is 5. The van der Waals surface area contributed by atoms with Gasteiger partial charge >= 0.3 is 0 Å². The maximum atomic E-state index is 12.6. The maximum absolute atomic E-state index is 12.6. The highest BCUT2D eigenvalue weighted by Gasteiger charge is 2.27.